The van der Waals surface area contributed by atoms with Crippen LogP contribution < -0.4 is 10.6 Å². The van der Waals surface area contributed by atoms with Gasteiger partial charge in [-0.3, -0.25) is 9.59 Å². The van der Waals surface area contributed by atoms with E-state index in [-0.39, 0.29) is 32.6 Å². The number of hydrogen-bond acceptors (Lipinski definition) is 6. The highest BCUT2D eigenvalue weighted by atomic mass is 33.1. The van der Waals surface area contributed by atoms with Crippen molar-refractivity contribution in [2.75, 3.05) is 38.7 Å². The fraction of sp³-hybridized carbons (Fsp3) is 0.778. The molecular formula is C18H36N2O4S2. The summed E-state index contributed by atoms with van der Waals surface area (Å²) in [6.07, 6.45) is 0. The third kappa shape index (κ3) is 16.6. The molecule has 1 unspecified atom stereocenters. The molecule has 154 valence electrons. The fourth-order valence-corrected chi connectivity index (χ4v) is 3.38. The van der Waals surface area contributed by atoms with E-state index in [0.29, 0.717) is 32.2 Å². The molecule has 6 nitrogen and oxygen atoms in total. The van der Waals surface area contributed by atoms with Crippen molar-refractivity contribution in [1.29, 1.82) is 0 Å². The van der Waals surface area contributed by atoms with Gasteiger partial charge in [0, 0.05) is 27.0 Å². The topological polar surface area (TPSA) is 76.7 Å². The van der Waals surface area contributed by atoms with Crippen LogP contribution in [-0.2, 0) is 19.1 Å². The lowest BCUT2D eigenvalue weighted by Gasteiger charge is -2.12. The molecule has 2 amide bonds. The molecule has 0 aromatic rings. The van der Waals surface area contributed by atoms with Crippen LogP contribution in [0.1, 0.15) is 37.5 Å². The molecule has 0 heterocycles. The second-order valence-electron chi connectivity index (χ2n) is 6.11. The van der Waals surface area contributed by atoms with Gasteiger partial charge in [0.25, 0.3) is 0 Å². The van der Waals surface area contributed by atoms with E-state index in [1.165, 1.54) is 0 Å². The van der Waals surface area contributed by atoms with Crippen molar-refractivity contribution in [3.05, 3.63) is 0 Å². The van der Waals surface area contributed by atoms with Gasteiger partial charge in [0.05, 0.1) is 19.8 Å². The lowest BCUT2D eigenvalue weighted by Crippen LogP contribution is -2.29. The maximum Gasteiger partial charge on any atom is 0.246 e. The minimum absolute atomic E-state index is 0. The van der Waals surface area contributed by atoms with E-state index < -0.39 is 0 Å². The summed E-state index contributed by atoms with van der Waals surface area (Å²) in [6, 6.07) is 0. The predicted molar refractivity (Wildman–Crippen MR) is 114 cm³/mol. The first-order valence-corrected chi connectivity index (χ1v) is 11.2. The Balaban J connectivity index is -0.00000312. The van der Waals surface area contributed by atoms with Crippen molar-refractivity contribution in [3.63, 3.8) is 0 Å². The van der Waals surface area contributed by atoms with Gasteiger partial charge in [-0.1, -0.05) is 61.1 Å². The normalized spacial score (nSPS) is 11.8. The molecular weight excluding hydrogens is 372 g/mol. The molecule has 1 atom stereocenters. The van der Waals surface area contributed by atoms with Crippen molar-refractivity contribution in [3.8, 4) is 11.8 Å². The summed E-state index contributed by atoms with van der Waals surface area (Å²) in [5.74, 6) is 6.90. The van der Waals surface area contributed by atoms with Crippen molar-refractivity contribution in [2.45, 2.75) is 40.1 Å². The molecule has 0 bridgehead atoms. The minimum atomic E-state index is -0.176. The number of nitrogens with one attached hydrogen (secondary N) is 2. The Hall–Kier alpha value is -0.880. The Morgan fingerprint density at radius 2 is 1.85 bits per heavy atom. The first-order chi connectivity index (χ1) is 12.3. The van der Waals surface area contributed by atoms with Crippen molar-refractivity contribution < 1.29 is 21.9 Å². The van der Waals surface area contributed by atoms with Gasteiger partial charge >= 0.3 is 0 Å². The quantitative estimate of drug-likeness (QED) is 0.211. The highest BCUT2D eigenvalue weighted by Gasteiger charge is 2.07. The number of carbonyl (C=O) groups is 2. The van der Waals surface area contributed by atoms with Crippen LogP contribution in [0.15, 0.2) is 0 Å². The molecule has 0 saturated carbocycles. The van der Waals surface area contributed by atoms with E-state index >= 15 is 0 Å². The zero-order valence-electron chi connectivity index (χ0n) is 16.4. The molecule has 8 heteroatoms. The van der Waals surface area contributed by atoms with E-state index in [2.05, 4.69) is 22.5 Å². The van der Waals surface area contributed by atoms with Crippen LogP contribution in [0.4, 0.5) is 0 Å². The van der Waals surface area contributed by atoms with Crippen LogP contribution in [0.5, 0.6) is 0 Å². The number of ether oxygens (including phenoxy) is 2. The number of amides is 2. The van der Waals surface area contributed by atoms with Gasteiger partial charge in [0.2, 0.25) is 11.8 Å². The number of rotatable bonds is 13. The molecule has 0 aromatic heterocycles. The summed E-state index contributed by atoms with van der Waals surface area (Å²) in [5.41, 5.74) is 0.0181. The van der Waals surface area contributed by atoms with E-state index in [4.69, 9.17) is 9.47 Å². The lowest BCUT2D eigenvalue weighted by atomic mass is 10.2. The van der Waals surface area contributed by atoms with Gasteiger partial charge in [-0.15, -0.1) is 0 Å². The molecule has 2 N–H and O–H groups in total. The first-order valence-electron chi connectivity index (χ1n) is 8.83. The average Bonchev–Trinajstić information content (AvgIpc) is 2.57. The molecule has 0 spiro atoms. The molecule has 0 saturated heterocycles. The molecule has 0 aliphatic carbocycles. The molecule has 0 aromatic carbocycles. The largest absolute Gasteiger partial charge is 0.369 e. The first kappa shape index (κ1) is 25.1. The summed E-state index contributed by atoms with van der Waals surface area (Å²) in [7, 11) is 3.27. The van der Waals surface area contributed by atoms with Crippen LogP contribution in [0.25, 0.3) is 0 Å². The standard InChI is InChI=1S/C18H32N2O4S2.2H2/c1-14(2)7-6-8-19-17(21)13-23-10-11-24-16(5)26-25-12-9-20-18(22)15(3)4;;/h14-16H,8-13H2,1-5H3,(H,19,21)(H,20,22);2*1H. The summed E-state index contributed by atoms with van der Waals surface area (Å²) in [5, 5.41) is 5.55. The van der Waals surface area contributed by atoms with E-state index in [1.54, 1.807) is 21.6 Å². The second kappa shape index (κ2) is 16.3. The maximum absolute atomic E-state index is 11.5. The van der Waals surface area contributed by atoms with Gasteiger partial charge in [-0.2, -0.15) is 0 Å². The van der Waals surface area contributed by atoms with Gasteiger partial charge < -0.3 is 20.1 Å². The maximum atomic E-state index is 11.5. The SMILES string of the molecule is CC(C)C#CCNC(=O)COCCOC(C)SSCCNC(=O)C(C)C.[HH].[HH]. The van der Waals surface area contributed by atoms with Crippen molar-refractivity contribution in [2.24, 2.45) is 11.8 Å². The lowest BCUT2D eigenvalue weighted by molar-refractivity contribution is -0.126. The predicted octanol–water partition coefficient (Wildman–Crippen LogP) is 2.79. The zero-order chi connectivity index (χ0) is 19.8. The minimum Gasteiger partial charge on any atom is -0.369 e. The Labute approximate surface area is 168 Å². The smallest absolute Gasteiger partial charge is 0.246 e. The van der Waals surface area contributed by atoms with Crippen LogP contribution in [-0.4, -0.2) is 55.9 Å². The molecule has 0 radical (unpaired) electrons. The van der Waals surface area contributed by atoms with Gasteiger partial charge in [0.1, 0.15) is 12.0 Å². The van der Waals surface area contributed by atoms with E-state index in [0.717, 1.165) is 5.75 Å². The van der Waals surface area contributed by atoms with Crippen molar-refractivity contribution in [1.82, 2.24) is 10.6 Å². The third-order valence-electron chi connectivity index (χ3n) is 2.79. The van der Waals surface area contributed by atoms with Crippen LogP contribution >= 0.6 is 21.6 Å². The van der Waals surface area contributed by atoms with Gasteiger partial charge in [-0.05, 0) is 6.92 Å². The van der Waals surface area contributed by atoms with E-state index in [1.807, 2.05) is 34.6 Å². The molecule has 0 rings (SSSR count). The second-order valence-corrected chi connectivity index (χ2v) is 8.89. The fourth-order valence-electron chi connectivity index (χ4n) is 1.48. The summed E-state index contributed by atoms with van der Waals surface area (Å²) < 4.78 is 10.9. The highest BCUT2D eigenvalue weighted by Crippen LogP contribution is 2.26. The Bertz CT molecular complexity index is 472. The summed E-state index contributed by atoms with van der Waals surface area (Å²) in [4.78, 5) is 22.9. The number of hydrogen-bond donors (Lipinski definition) is 2. The molecule has 0 fully saturated rings. The average molecular weight is 409 g/mol. The molecule has 26 heavy (non-hydrogen) atoms. The van der Waals surface area contributed by atoms with Crippen LogP contribution in [0.2, 0.25) is 0 Å². The zero-order valence-corrected chi connectivity index (χ0v) is 18.1. The van der Waals surface area contributed by atoms with Gasteiger partial charge in [-0.25, -0.2) is 0 Å². The summed E-state index contributed by atoms with van der Waals surface area (Å²) >= 11 is 0. The third-order valence-corrected chi connectivity index (χ3v) is 5.43. The van der Waals surface area contributed by atoms with Crippen LogP contribution in [0, 0.1) is 23.7 Å². The van der Waals surface area contributed by atoms with Gasteiger partial charge in [0.15, 0.2) is 0 Å². The Morgan fingerprint density at radius 1 is 1.12 bits per heavy atom. The van der Waals surface area contributed by atoms with Crippen LogP contribution in [0.3, 0.4) is 0 Å². The molecule has 0 aliphatic rings. The van der Waals surface area contributed by atoms with Crippen molar-refractivity contribution >= 4 is 33.4 Å². The highest BCUT2D eigenvalue weighted by molar-refractivity contribution is 8.76. The number of carbonyl (C=O) groups excluding carboxylic acids is 2. The molecule has 0 aliphatic heterocycles. The summed E-state index contributed by atoms with van der Waals surface area (Å²) in [6.45, 7) is 11.5. The monoisotopic (exact) mass is 408 g/mol. The Morgan fingerprint density at radius 3 is 2.50 bits per heavy atom. The Kier molecular flexibility index (Phi) is 15.8. The van der Waals surface area contributed by atoms with E-state index in [9.17, 15) is 9.59 Å².